The number of hydrogen-bond donors (Lipinski definition) is 1. The van der Waals surface area contributed by atoms with Gasteiger partial charge in [-0.1, -0.05) is 0 Å². The maximum absolute atomic E-state index is 10.9. The molecule has 5 nitrogen and oxygen atoms in total. The van der Waals surface area contributed by atoms with Crippen LogP contribution in [0.5, 0.6) is 11.5 Å². The molecule has 1 N–H and O–H groups in total. The zero-order valence-corrected chi connectivity index (χ0v) is 11.3. The first-order valence-electron chi connectivity index (χ1n) is 6.36. The topological polar surface area (TPSA) is 60.7 Å². The fraction of sp³-hybridized carbons (Fsp3) is 0.267. The average molecular weight is 273 g/mol. The van der Waals surface area contributed by atoms with Gasteiger partial charge in [0.15, 0.2) is 11.5 Å². The summed E-state index contributed by atoms with van der Waals surface area (Å²) >= 11 is 0. The third-order valence-electron chi connectivity index (χ3n) is 3.49. The number of benzene rings is 1. The summed E-state index contributed by atoms with van der Waals surface area (Å²) in [5.41, 5.74) is 3.70. The third-order valence-corrected chi connectivity index (χ3v) is 3.49. The van der Waals surface area contributed by atoms with E-state index < -0.39 is 5.97 Å². The molecule has 0 saturated carbocycles. The maximum Gasteiger partial charge on any atom is 0.307 e. The molecule has 1 aromatic carbocycles. The van der Waals surface area contributed by atoms with Crippen LogP contribution in [0.25, 0.3) is 5.69 Å². The molecular formula is C15H15NO4. The summed E-state index contributed by atoms with van der Waals surface area (Å²) in [5.74, 6) is 0.632. The summed E-state index contributed by atoms with van der Waals surface area (Å²) in [4.78, 5) is 10.9. The Kier molecular flexibility index (Phi) is 2.89. The lowest BCUT2D eigenvalue weighted by Gasteiger charge is -2.10. The zero-order chi connectivity index (χ0) is 14.3. The van der Waals surface area contributed by atoms with E-state index in [2.05, 4.69) is 0 Å². The van der Waals surface area contributed by atoms with Gasteiger partial charge in [0.25, 0.3) is 0 Å². The number of aromatic nitrogens is 1. The molecule has 1 aliphatic rings. The molecule has 20 heavy (non-hydrogen) atoms. The van der Waals surface area contributed by atoms with Crippen LogP contribution in [0.15, 0.2) is 24.3 Å². The molecule has 0 amide bonds. The van der Waals surface area contributed by atoms with Crippen LogP contribution >= 0.6 is 0 Å². The highest BCUT2D eigenvalue weighted by molar-refractivity contribution is 5.71. The van der Waals surface area contributed by atoms with Gasteiger partial charge in [0.05, 0.1) is 6.42 Å². The number of carbonyl (C=O) groups is 1. The molecule has 0 atom stereocenters. The number of nitrogens with zero attached hydrogens (tertiary/aromatic N) is 1. The fourth-order valence-electron chi connectivity index (χ4n) is 2.59. The number of aliphatic carboxylic acids is 1. The second kappa shape index (κ2) is 4.59. The van der Waals surface area contributed by atoms with Crippen molar-refractivity contribution in [3.05, 3.63) is 41.2 Å². The highest BCUT2D eigenvalue weighted by Gasteiger charge is 2.17. The van der Waals surface area contributed by atoms with Crippen LogP contribution in [0.1, 0.15) is 17.0 Å². The molecule has 1 aliphatic heterocycles. The minimum absolute atomic E-state index is 0.0320. The fourth-order valence-corrected chi connectivity index (χ4v) is 2.59. The third kappa shape index (κ3) is 2.01. The number of carboxylic acids is 1. The molecule has 0 fully saturated rings. The van der Waals surface area contributed by atoms with E-state index in [4.69, 9.17) is 14.6 Å². The van der Waals surface area contributed by atoms with Crippen LogP contribution in [-0.2, 0) is 11.2 Å². The molecular weight excluding hydrogens is 258 g/mol. The van der Waals surface area contributed by atoms with E-state index in [9.17, 15) is 4.79 Å². The Morgan fingerprint density at radius 1 is 1.25 bits per heavy atom. The predicted molar refractivity (Wildman–Crippen MR) is 72.7 cm³/mol. The molecule has 2 aromatic rings. The second-order valence-electron chi connectivity index (χ2n) is 4.84. The van der Waals surface area contributed by atoms with E-state index in [1.165, 1.54) is 0 Å². The van der Waals surface area contributed by atoms with Crippen LogP contribution in [0.4, 0.5) is 0 Å². The number of aryl methyl sites for hydroxylation is 1. The van der Waals surface area contributed by atoms with Crippen LogP contribution in [0.2, 0.25) is 0 Å². The Balaban J connectivity index is 2.06. The van der Waals surface area contributed by atoms with Gasteiger partial charge in [-0.05, 0) is 37.6 Å². The van der Waals surface area contributed by atoms with E-state index in [1.54, 1.807) is 0 Å². The van der Waals surface area contributed by atoms with Crippen molar-refractivity contribution < 1.29 is 19.4 Å². The Morgan fingerprint density at radius 3 is 2.75 bits per heavy atom. The van der Waals surface area contributed by atoms with Crippen LogP contribution in [-0.4, -0.2) is 22.4 Å². The largest absolute Gasteiger partial charge is 0.481 e. The van der Waals surface area contributed by atoms with Crippen molar-refractivity contribution in [3.63, 3.8) is 0 Å². The van der Waals surface area contributed by atoms with Gasteiger partial charge in [-0.15, -0.1) is 0 Å². The molecule has 0 aliphatic carbocycles. The summed E-state index contributed by atoms with van der Waals surface area (Å²) < 4.78 is 12.7. The molecule has 5 heteroatoms. The minimum Gasteiger partial charge on any atom is -0.481 e. The van der Waals surface area contributed by atoms with Gasteiger partial charge in [0.1, 0.15) is 0 Å². The molecule has 104 valence electrons. The van der Waals surface area contributed by atoms with Gasteiger partial charge in [0.2, 0.25) is 6.79 Å². The first-order valence-corrected chi connectivity index (χ1v) is 6.36. The average Bonchev–Trinajstić information content (AvgIpc) is 2.94. The standard InChI is InChI=1S/C15H15NO4/c1-9-5-11(6-15(17)18)10(2)16(9)12-3-4-13-14(7-12)20-8-19-13/h3-5,7H,6,8H2,1-2H3,(H,17,18). The predicted octanol–water partition coefficient (Wildman–Crippen LogP) is 2.45. The van der Waals surface area contributed by atoms with Crippen molar-refractivity contribution in [1.82, 2.24) is 4.57 Å². The van der Waals surface area contributed by atoms with Gasteiger partial charge < -0.3 is 19.1 Å². The van der Waals surface area contributed by atoms with Gasteiger partial charge in [-0.25, -0.2) is 0 Å². The van der Waals surface area contributed by atoms with Crippen LogP contribution in [0.3, 0.4) is 0 Å². The number of ether oxygens (including phenoxy) is 2. The first kappa shape index (κ1) is 12.6. The zero-order valence-electron chi connectivity index (χ0n) is 11.3. The van der Waals surface area contributed by atoms with Crippen molar-refractivity contribution in [1.29, 1.82) is 0 Å². The summed E-state index contributed by atoms with van der Waals surface area (Å²) in [6, 6.07) is 7.63. The number of fused-ring (bicyclic) bond motifs is 1. The van der Waals surface area contributed by atoms with Gasteiger partial charge in [-0.2, -0.15) is 0 Å². The van der Waals surface area contributed by atoms with E-state index >= 15 is 0 Å². The Hall–Kier alpha value is -2.43. The molecule has 0 spiro atoms. The Labute approximate surface area is 116 Å². The Bertz CT molecular complexity index is 687. The van der Waals surface area contributed by atoms with Crippen molar-refractivity contribution in [2.45, 2.75) is 20.3 Å². The SMILES string of the molecule is Cc1cc(CC(=O)O)c(C)n1-c1ccc2c(c1)OCO2. The first-order chi connectivity index (χ1) is 9.56. The highest BCUT2D eigenvalue weighted by Crippen LogP contribution is 2.34. The lowest BCUT2D eigenvalue weighted by Crippen LogP contribution is -2.03. The smallest absolute Gasteiger partial charge is 0.307 e. The highest BCUT2D eigenvalue weighted by atomic mass is 16.7. The summed E-state index contributed by atoms with van der Waals surface area (Å²) in [7, 11) is 0. The van der Waals surface area contributed by atoms with Crippen LogP contribution < -0.4 is 9.47 Å². The van der Waals surface area contributed by atoms with Crippen LogP contribution in [0, 0.1) is 13.8 Å². The number of rotatable bonds is 3. The quantitative estimate of drug-likeness (QED) is 0.933. The normalized spacial score (nSPS) is 12.7. The Morgan fingerprint density at radius 2 is 2.00 bits per heavy atom. The monoisotopic (exact) mass is 273 g/mol. The molecule has 3 rings (SSSR count). The van der Waals surface area contributed by atoms with Crippen molar-refractivity contribution >= 4 is 5.97 Å². The van der Waals surface area contributed by atoms with Gasteiger partial charge >= 0.3 is 5.97 Å². The number of carboxylic acid groups (broad SMARTS) is 1. The van der Waals surface area contributed by atoms with Crippen molar-refractivity contribution in [3.8, 4) is 17.2 Å². The van der Waals surface area contributed by atoms with E-state index in [0.717, 1.165) is 34.1 Å². The molecule has 0 unspecified atom stereocenters. The molecule has 0 radical (unpaired) electrons. The summed E-state index contributed by atoms with van der Waals surface area (Å²) in [5, 5.41) is 8.94. The van der Waals surface area contributed by atoms with Gasteiger partial charge in [-0.3, -0.25) is 4.79 Å². The molecule has 0 bridgehead atoms. The number of hydrogen-bond acceptors (Lipinski definition) is 3. The lowest BCUT2D eigenvalue weighted by atomic mass is 10.2. The molecule has 2 heterocycles. The summed E-state index contributed by atoms with van der Waals surface area (Å²) in [6.45, 7) is 4.13. The molecule has 0 saturated heterocycles. The van der Waals surface area contributed by atoms with E-state index in [0.29, 0.717) is 0 Å². The second-order valence-corrected chi connectivity index (χ2v) is 4.84. The lowest BCUT2D eigenvalue weighted by molar-refractivity contribution is -0.136. The van der Waals surface area contributed by atoms with Crippen molar-refractivity contribution in [2.24, 2.45) is 0 Å². The van der Waals surface area contributed by atoms with Crippen molar-refractivity contribution in [2.75, 3.05) is 6.79 Å². The van der Waals surface area contributed by atoms with E-state index in [-0.39, 0.29) is 13.2 Å². The van der Waals surface area contributed by atoms with E-state index in [1.807, 2.05) is 42.7 Å². The summed E-state index contributed by atoms with van der Waals surface area (Å²) in [6.07, 6.45) is 0.0320. The van der Waals surface area contributed by atoms with Gasteiger partial charge in [0, 0.05) is 23.1 Å². The molecule has 1 aromatic heterocycles. The minimum atomic E-state index is -0.823. The maximum atomic E-state index is 10.9.